The summed E-state index contributed by atoms with van der Waals surface area (Å²) in [5.74, 6) is 0.457. The van der Waals surface area contributed by atoms with Crippen LogP contribution in [0.25, 0.3) is 0 Å². The van der Waals surface area contributed by atoms with Crippen LogP contribution >= 0.6 is 11.8 Å². The molecule has 0 unspecified atom stereocenters. The molecule has 0 spiro atoms. The monoisotopic (exact) mass is 273 g/mol. The molecule has 0 radical (unpaired) electrons. The van der Waals surface area contributed by atoms with Crippen LogP contribution in [0, 0.1) is 5.92 Å². The lowest BCUT2D eigenvalue weighted by molar-refractivity contribution is -0.118. The second-order valence-electron chi connectivity index (χ2n) is 4.30. The summed E-state index contributed by atoms with van der Waals surface area (Å²) in [5, 5.41) is 12.3. The van der Waals surface area contributed by atoms with Crippen LogP contribution in [0.2, 0.25) is 0 Å². The molecule has 104 valence electrons. The first-order chi connectivity index (χ1) is 8.38. The predicted octanol–water partition coefficient (Wildman–Crippen LogP) is 1.74. The van der Waals surface area contributed by atoms with Crippen LogP contribution in [0.5, 0.6) is 0 Å². The van der Waals surface area contributed by atoms with Crippen molar-refractivity contribution in [1.29, 1.82) is 0 Å². The molecule has 5 heteroatoms. The molecule has 0 saturated carbocycles. The van der Waals surface area contributed by atoms with Crippen molar-refractivity contribution in [3.63, 3.8) is 0 Å². The number of hydrogen-bond donors (Lipinski definition) is 2. The Morgan fingerprint density at radius 3 is 2.50 bits per heavy atom. The van der Waals surface area contributed by atoms with E-state index in [2.05, 4.69) is 5.32 Å². The summed E-state index contributed by atoms with van der Waals surface area (Å²) < 4.78 is 0. The summed E-state index contributed by atoms with van der Waals surface area (Å²) in [6.45, 7) is 7.51. The van der Waals surface area contributed by atoms with Gasteiger partial charge < -0.3 is 10.4 Å². The zero-order valence-electron chi connectivity index (χ0n) is 11.5. The van der Waals surface area contributed by atoms with E-state index in [1.54, 1.807) is 6.92 Å². The van der Waals surface area contributed by atoms with Crippen molar-refractivity contribution < 1.29 is 14.7 Å². The average Bonchev–Trinajstić information content (AvgIpc) is 2.32. The van der Waals surface area contributed by atoms with Gasteiger partial charge in [-0.05, 0) is 18.9 Å². The van der Waals surface area contributed by atoms with Crippen LogP contribution < -0.4 is 5.32 Å². The summed E-state index contributed by atoms with van der Waals surface area (Å²) in [7, 11) is 0. The lowest BCUT2D eigenvalue weighted by Gasteiger charge is -2.13. The maximum atomic E-state index is 11.7. The molecule has 0 aliphatic heterocycles. The van der Waals surface area contributed by atoms with Gasteiger partial charge in [-0.1, -0.05) is 31.7 Å². The van der Waals surface area contributed by atoms with Gasteiger partial charge in [0.05, 0.1) is 6.10 Å². The standard InChI is InChI=1S/C13H23NO3S/c1-5-12(16)9(2)8-10(3)13(17)18-7-6-14-11(4)15/h8-9,12,16H,5-7H2,1-4H3,(H,14,15)/b10-8+/t9-,12+/m0/s1. The normalized spacial score (nSPS) is 15.1. The molecule has 2 atom stereocenters. The van der Waals surface area contributed by atoms with Crippen LogP contribution in [0.4, 0.5) is 0 Å². The first-order valence-electron chi connectivity index (χ1n) is 6.16. The van der Waals surface area contributed by atoms with E-state index < -0.39 is 6.10 Å². The summed E-state index contributed by atoms with van der Waals surface area (Å²) in [5.41, 5.74) is 0.655. The Labute approximate surface area is 113 Å². The number of hydrogen-bond acceptors (Lipinski definition) is 4. The predicted molar refractivity (Wildman–Crippen MR) is 75.4 cm³/mol. The van der Waals surface area contributed by atoms with E-state index >= 15 is 0 Å². The van der Waals surface area contributed by atoms with Crippen LogP contribution in [0.1, 0.15) is 34.1 Å². The van der Waals surface area contributed by atoms with Crippen molar-refractivity contribution in [2.75, 3.05) is 12.3 Å². The lowest BCUT2D eigenvalue weighted by atomic mass is 10.0. The highest BCUT2D eigenvalue weighted by Gasteiger charge is 2.12. The molecular formula is C13H23NO3S. The molecule has 0 aromatic heterocycles. The zero-order valence-corrected chi connectivity index (χ0v) is 12.3. The third-order valence-electron chi connectivity index (χ3n) is 2.57. The number of carbonyl (C=O) groups is 2. The fourth-order valence-electron chi connectivity index (χ4n) is 1.43. The van der Waals surface area contributed by atoms with Gasteiger partial charge in [0.25, 0.3) is 0 Å². The van der Waals surface area contributed by atoms with Gasteiger partial charge in [0.1, 0.15) is 0 Å². The fourth-order valence-corrected chi connectivity index (χ4v) is 2.12. The van der Waals surface area contributed by atoms with Crippen LogP contribution in [0.3, 0.4) is 0 Å². The van der Waals surface area contributed by atoms with E-state index in [1.165, 1.54) is 18.7 Å². The first-order valence-corrected chi connectivity index (χ1v) is 7.15. The minimum atomic E-state index is -0.405. The fraction of sp³-hybridized carbons (Fsp3) is 0.692. The molecule has 0 aromatic carbocycles. The minimum absolute atomic E-state index is 0.00416. The number of amides is 1. The number of aliphatic hydroxyl groups is 1. The van der Waals surface area contributed by atoms with Crippen molar-refractivity contribution in [2.24, 2.45) is 5.92 Å². The number of nitrogens with one attached hydrogen (secondary N) is 1. The molecule has 0 aliphatic rings. The highest BCUT2D eigenvalue weighted by molar-refractivity contribution is 8.14. The molecule has 0 aromatic rings. The van der Waals surface area contributed by atoms with E-state index in [-0.39, 0.29) is 16.9 Å². The number of rotatable bonds is 7. The van der Waals surface area contributed by atoms with E-state index in [0.717, 1.165) is 0 Å². The number of aliphatic hydroxyl groups excluding tert-OH is 1. The second kappa shape index (κ2) is 9.16. The summed E-state index contributed by atoms with van der Waals surface area (Å²) in [4.78, 5) is 22.4. The van der Waals surface area contributed by atoms with Gasteiger partial charge in [-0.25, -0.2) is 0 Å². The Morgan fingerprint density at radius 1 is 1.39 bits per heavy atom. The third-order valence-corrected chi connectivity index (χ3v) is 3.56. The summed E-state index contributed by atoms with van der Waals surface area (Å²) in [6.07, 6.45) is 2.08. The van der Waals surface area contributed by atoms with Crippen LogP contribution in [-0.2, 0) is 9.59 Å². The van der Waals surface area contributed by atoms with Crippen molar-refractivity contribution in [2.45, 2.75) is 40.2 Å². The Balaban J connectivity index is 4.09. The van der Waals surface area contributed by atoms with Crippen molar-refractivity contribution >= 4 is 22.8 Å². The molecule has 18 heavy (non-hydrogen) atoms. The van der Waals surface area contributed by atoms with E-state index in [1.807, 2.05) is 19.9 Å². The van der Waals surface area contributed by atoms with E-state index in [9.17, 15) is 14.7 Å². The SMILES string of the molecule is CC[C@@H](O)[C@@H](C)/C=C(\C)C(=O)SCCNC(C)=O. The van der Waals surface area contributed by atoms with Crippen molar-refractivity contribution in [1.82, 2.24) is 5.32 Å². The molecule has 0 saturated heterocycles. The average molecular weight is 273 g/mol. The summed E-state index contributed by atoms with van der Waals surface area (Å²) >= 11 is 1.18. The topological polar surface area (TPSA) is 66.4 Å². The van der Waals surface area contributed by atoms with Crippen LogP contribution in [0.15, 0.2) is 11.6 Å². The largest absolute Gasteiger partial charge is 0.393 e. The molecule has 0 rings (SSSR count). The zero-order chi connectivity index (χ0) is 14.1. The Morgan fingerprint density at radius 2 is 2.00 bits per heavy atom. The number of carbonyl (C=O) groups excluding carboxylic acids is 2. The lowest BCUT2D eigenvalue weighted by Crippen LogP contribution is -2.22. The van der Waals surface area contributed by atoms with Gasteiger partial charge in [0.15, 0.2) is 0 Å². The molecule has 0 heterocycles. The van der Waals surface area contributed by atoms with Crippen LogP contribution in [-0.4, -0.2) is 34.5 Å². The molecule has 2 N–H and O–H groups in total. The molecule has 1 amide bonds. The molecular weight excluding hydrogens is 250 g/mol. The van der Waals surface area contributed by atoms with Gasteiger partial charge in [0.2, 0.25) is 11.0 Å². The van der Waals surface area contributed by atoms with Crippen molar-refractivity contribution in [3.8, 4) is 0 Å². The van der Waals surface area contributed by atoms with E-state index in [0.29, 0.717) is 24.3 Å². The summed E-state index contributed by atoms with van der Waals surface area (Å²) in [6, 6.07) is 0. The molecule has 0 bridgehead atoms. The van der Waals surface area contributed by atoms with Gasteiger partial charge in [-0.2, -0.15) is 0 Å². The second-order valence-corrected chi connectivity index (χ2v) is 5.37. The van der Waals surface area contributed by atoms with Gasteiger partial charge >= 0.3 is 0 Å². The van der Waals surface area contributed by atoms with Gasteiger partial charge in [-0.3, -0.25) is 9.59 Å². The van der Waals surface area contributed by atoms with Gasteiger partial charge in [0, 0.05) is 25.1 Å². The highest BCUT2D eigenvalue weighted by Crippen LogP contribution is 2.15. The maximum Gasteiger partial charge on any atom is 0.216 e. The van der Waals surface area contributed by atoms with Gasteiger partial charge in [-0.15, -0.1) is 0 Å². The first kappa shape index (κ1) is 17.2. The maximum absolute atomic E-state index is 11.7. The smallest absolute Gasteiger partial charge is 0.216 e. The minimum Gasteiger partial charge on any atom is -0.393 e. The molecule has 4 nitrogen and oxygen atoms in total. The highest BCUT2D eigenvalue weighted by atomic mass is 32.2. The third kappa shape index (κ3) is 7.50. The Kier molecular flexibility index (Phi) is 8.75. The Bertz CT molecular complexity index is 315. The molecule has 0 aliphatic carbocycles. The number of thioether (sulfide) groups is 1. The van der Waals surface area contributed by atoms with E-state index in [4.69, 9.17) is 0 Å². The Hall–Kier alpha value is -0.810. The molecule has 0 fully saturated rings. The quantitative estimate of drug-likeness (QED) is 0.548. The van der Waals surface area contributed by atoms with Crippen molar-refractivity contribution in [3.05, 3.63) is 11.6 Å².